The predicted octanol–water partition coefficient (Wildman–Crippen LogP) is 1.89. The highest BCUT2D eigenvalue weighted by Crippen LogP contribution is 2.21. The summed E-state index contributed by atoms with van der Waals surface area (Å²) in [5.41, 5.74) is 1.08. The Morgan fingerprint density at radius 2 is 2.32 bits per heavy atom. The quantitative estimate of drug-likeness (QED) is 0.828. The summed E-state index contributed by atoms with van der Waals surface area (Å²) in [4.78, 5) is 4.96. The van der Waals surface area contributed by atoms with Crippen molar-refractivity contribution in [3.63, 3.8) is 0 Å². The number of hydrogen-bond donors (Lipinski definition) is 1. The second-order valence-corrected chi connectivity index (χ2v) is 5.95. The first-order valence-corrected chi connectivity index (χ1v) is 7.99. The first kappa shape index (κ1) is 14.7. The highest BCUT2D eigenvalue weighted by atomic mass is 32.1. The van der Waals surface area contributed by atoms with Crippen LogP contribution in [0.2, 0.25) is 0 Å². The number of anilines is 1. The molecule has 1 N–H and O–H groups in total. The second-order valence-electron chi connectivity index (χ2n) is 5.20. The van der Waals surface area contributed by atoms with Crippen LogP contribution < -0.4 is 5.32 Å². The molecule has 108 valence electrons. The Morgan fingerprint density at radius 3 is 3.05 bits per heavy atom. The maximum Gasteiger partial charge on any atom is 0.134 e. The fourth-order valence-electron chi connectivity index (χ4n) is 2.81. The third-order valence-electron chi connectivity index (χ3n) is 3.74. The first-order valence-electron chi connectivity index (χ1n) is 7.22. The lowest BCUT2D eigenvalue weighted by Crippen LogP contribution is -2.38. The molecule has 1 aliphatic rings. The first-order chi connectivity index (χ1) is 9.24. The predicted molar refractivity (Wildman–Crippen MR) is 80.7 cm³/mol. The molecule has 2 heterocycles. The minimum Gasteiger partial charge on any atom is -0.374 e. The minimum atomic E-state index is 0.712. The summed E-state index contributed by atoms with van der Waals surface area (Å²) in [6.07, 6.45) is 2.67. The topological polar surface area (TPSA) is 44.3 Å². The van der Waals surface area contributed by atoms with Crippen molar-refractivity contribution in [1.29, 1.82) is 0 Å². The van der Waals surface area contributed by atoms with Crippen LogP contribution in [0, 0.1) is 0 Å². The van der Waals surface area contributed by atoms with E-state index in [0.29, 0.717) is 6.04 Å². The van der Waals surface area contributed by atoms with Crippen LogP contribution in [-0.4, -0.2) is 58.7 Å². The van der Waals surface area contributed by atoms with E-state index in [0.717, 1.165) is 30.3 Å². The molecule has 19 heavy (non-hydrogen) atoms. The molecule has 6 heteroatoms. The van der Waals surface area contributed by atoms with Crippen molar-refractivity contribution < 1.29 is 0 Å². The van der Waals surface area contributed by atoms with Gasteiger partial charge in [0.15, 0.2) is 0 Å². The zero-order chi connectivity index (χ0) is 13.7. The van der Waals surface area contributed by atoms with Crippen LogP contribution in [0.5, 0.6) is 0 Å². The molecule has 1 unspecified atom stereocenters. The standard InChI is InChI=1S/C13H25N5S/c1-4-14-13-12(15-16-19-13)10-17(3)9-11-7-6-8-18(11)5-2/h11,14H,4-10H2,1-3H3. The number of nitrogens with zero attached hydrogens (tertiary/aromatic N) is 4. The summed E-state index contributed by atoms with van der Waals surface area (Å²) in [6, 6.07) is 0.712. The fraction of sp³-hybridized carbons (Fsp3) is 0.846. The number of hydrogen-bond acceptors (Lipinski definition) is 6. The molecule has 2 rings (SSSR count). The molecule has 0 aromatic carbocycles. The largest absolute Gasteiger partial charge is 0.374 e. The molecule has 1 fully saturated rings. The lowest BCUT2D eigenvalue weighted by molar-refractivity contribution is 0.194. The molecule has 1 aromatic rings. The molecular formula is C13H25N5S. The highest BCUT2D eigenvalue weighted by Gasteiger charge is 2.24. The Balaban J connectivity index is 1.86. The van der Waals surface area contributed by atoms with E-state index in [1.54, 1.807) is 0 Å². The summed E-state index contributed by atoms with van der Waals surface area (Å²) in [5.74, 6) is 0. The molecule has 1 saturated heterocycles. The van der Waals surface area contributed by atoms with E-state index >= 15 is 0 Å². The van der Waals surface area contributed by atoms with E-state index in [4.69, 9.17) is 0 Å². The number of rotatable bonds is 7. The van der Waals surface area contributed by atoms with Gasteiger partial charge >= 0.3 is 0 Å². The molecular weight excluding hydrogens is 258 g/mol. The van der Waals surface area contributed by atoms with Gasteiger partial charge in [-0.1, -0.05) is 11.4 Å². The van der Waals surface area contributed by atoms with Crippen LogP contribution in [-0.2, 0) is 6.54 Å². The maximum absolute atomic E-state index is 4.24. The van der Waals surface area contributed by atoms with E-state index < -0.39 is 0 Å². The monoisotopic (exact) mass is 283 g/mol. The van der Waals surface area contributed by atoms with Gasteiger partial charge in [-0.25, -0.2) is 0 Å². The molecule has 1 atom stereocenters. The van der Waals surface area contributed by atoms with Gasteiger partial charge in [-0.05, 0) is 39.9 Å². The molecule has 0 saturated carbocycles. The van der Waals surface area contributed by atoms with Crippen molar-refractivity contribution in [1.82, 2.24) is 19.4 Å². The summed E-state index contributed by atoms with van der Waals surface area (Å²) in [5, 5.41) is 8.69. The summed E-state index contributed by atoms with van der Waals surface area (Å²) < 4.78 is 4.05. The van der Waals surface area contributed by atoms with E-state index in [1.165, 1.54) is 37.5 Å². The van der Waals surface area contributed by atoms with Gasteiger partial charge in [0.1, 0.15) is 10.7 Å². The molecule has 1 aliphatic heterocycles. The second kappa shape index (κ2) is 7.17. The summed E-state index contributed by atoms with van der Waals surface area (Å²) in [7, 11) is 2.18. The van der Waals surface area contributed by atoms with Gasteiger partial charge in [0.2, 0.25) is 0 Å². The SMILES string of the molecule is CCNc1snnc1CN(C)CC1CCCN1CC. The zero-order valence-electron chi connectivity index (χ0n) is 12.2. The van der Waals surface area contributed by atoms with Crippen LogP contribution in [0.3, 0.4) is 0 Å². The Labute approximate surface area is 120 Å². The summed E-state index contributed by atoms with van der Waals surface area (Å²) >= 11 is 1.45. The average molecular weight is 283 g/mol. The van der Waals surface area contributed by atoms with Crippen LogP contribution in [0.25, 0.3) is 0 Å². The van der Waals surface area contributed by atoms with Crippen molar-refractivity contribution in [3.8, 4) is 0 Å². The number of aromatic nitrogens is 2. The molecule has 0 radical (unpaired) electrons. The van der Waals surface area contributed by atoms with Crippen LogP contribution in [0.1, 0.15) is 32.4 Å². The summed E-state index contributed by atoms with van der Waals surface area (Å²) in [6.45, 7) is 9.71. The molecule has 1 aromatic heterocycles. The molecule has 0 aliphatic carbocycles. The Kier molecular flexibility index (Phi) is 5.54. The Hall–Kier alpha value is -0.720. The lowest BCUT2D eigenvalue weighted by Gasteiger charge is -2.27. The third-order valence-corrected chi connectivity index (χ3v) is 4.47. The van der Waals surface area contributed by atoms with Crippen LogP contribution in [0.15, 0.2) is 0 Å². The Bertz CT molecular complexity index is 381. The number of likely N-dealkylation sites (tertiary alicyclic amines) is 1. The van der Waals surface area contributed by atoms with E-state index in [2.05, 4.69) is 45.6 Å². The van der Waals surface area contributed by atoms with E-state index in [1.807, 2.05) is 0 Å². The molecule has 0 amide bonds. The van der Waals surface area contributed by atoms with Gasteiger partial charge in [0.25, 0.3) is 0 Å². The van der Waals surface area contributed by atoms with Crippen molar-refractivity contribution in [2.75, 3.05) is 38.5 Å². The maximum atomic E-state index is 4.24. The molecule has 5 nitrogen and oxygen atoms in total. The third kappa shape index (κ3) is 3.87. The van der Waals surface area contributed by atoms with E-state index in [9.17, 15) is 0 Å². The van der Waals surface area contributed by atoms with E-state index in [-0.39, 0.29) is 0 Å². The molecule has 0 bridgehead atoms. The zero-order valence-corrected chi connectivity index (χ0v) is 13.0. The highest BCUT2D eigenvalue weighted by molar-refractivity contribution is 7.10. The van der Waals surface area contributed by atoms with Crippen LogP contribution in [0.4, 0.5) is 5.00 Å². The van der Waals surface area contributed by atoms with Gasteiger partial charge in [-0.3, -0.25) is 9.80 Å². The van der Waals surface area contributed by atoms with Gasteiger partial charge in [0, 0.05) is 37.2 Å². The van der Waals surface area contributed by atoms with Crippen LogP contribution >= 0.6 is 11.5 Å². The van der Waals surface area contributed by atoms with Gasteiger partial charge < -0.3 is 5.32 Å². The Morgan fingerprint density at radius 1 is 1.47 bits per heavy atom. The van der Waals surface area contributed by atoms with Crippen molar-refractivity contribution >= 4 is 16.5 Å². The average Bonchev–Trinajstić information content (AvgIpc) is 3.00. The lowest BCUT2D eigenvalue weighted by atomic mass is 10.2. The smallest absolute Gasteiger partial charge is 0.134 e. The van der Waals surface area contributed by atoms with Crippen molar-refractivity contribution in [3.05, 3.63) is 5.69 Å². The minimum absolute atomic E-state index is 0.712. The van der Waals surface area contributed by atoms with Crippen molar-refractivity contribution in [2.24, 2.45) is 0 Å². The van der Waals surface area contributed by atoms with Gasteiger partial charge in [-0.15, -0.1) is 5.10 Å². The fourth-order valence-corrected chi connectivity index (χ4v) is 3.45. The number of nitrogens with one attached hydrogen (secondary N) is 1. The van der Waals surface area contributed by atoms with Crippen molar-refractivity contribution in [2.45, 2.75) is 39.3 Å². The number of likely N-dealkylation sites (N-methyl/N-ethyl adjacent to an activating group) is 2. The van der Waals surface area contributed by atoms with Gasteiger partial charge in [-0.2, -0.15) is 0 Å². The van der Waals surface area contributed by atoms with Gasteiger partial charge in [0.05, 0.1) is 0 Å². The normalized spacial score (nSPS) is 20.3. The molecule has 0 spiro atoms.